The molecule has 1 aliphatic rings. The number of halogens is 1. The van der Waals surface area contributed by atoms with E-state index in [4.69, 9.17) is 4.74 Å². The van der Waals surface area contributed by atoms with E-state index in [2.05, 4.69) is 15.3 Å². The van der Waals surface area contributed by atoms with E-state index < -0.39 is 17.7 Å². The third-order valence-corrected chi connectivity index (χ3v) is 3.63. The first-order chi connectivity index (χ1) is 11.9. The molecule has 1 aromatic heterocycles. The van der Waals surface area contributed by atoms with Crippen molar-refractivity contribution in [2.24, 2.45) is 4.99 Å². The molecule has 1 aliphatic carbocycles. The topological polar surface area (TPSA) is 80.7 Å². The number of aliphatic imine (C=N–C) groups is 1. The molecule has 0 radical (unpaired) electrons. The number of aromatic nitrogens is 1. The zero-order valence-corrected chi connectivity index (χ0v) is 14.4. The van der Waals surface area contributed by atoms with Crippen LogP contribution >= 0.6 is 0 Å². The smallest absolute Gasteiger partial charge is 0.340 e. The Morgan fingerprint density at radius 1 is 1.32 bits per heavy atom. The van der Waals surface area contributed by atoms with Crippen molar-refractivity contribution in [2.45, 2.75) is 13.8 Å². The number of esters is 1. The Bertz CT molecular complexity index is 851. The summed E-state index contributed by atoms with van der Waals surface area (Å²) in [6, 6.07) is 2.45. The highest BCUT2D eigenvalue weighted by Gasteiger charge is 2.24. The number of hydrogen-bond donors (Lipinski definition) is 1. The van der Waals surface area contributed by atoms with E-state index in [1.807, 2.05) is 6.92 Å². The van der Waals surface area contributed by atoms with Gasteiger partial charge in [0.2, 0.25) is 0 Å². The molecule has 0 spiro atoms. The summed E-state index contributed by atoms with van der Waals surface area (Å²) < 4.78 is 18.1. The van der Waals surface area contributed by atoms with Crippen LogP contribution in [-0.4, -0.2) is 36.7 Å². The average Bonchev–Trinajstić information content (AvgIpc) is 2.62. The van der Waals surface area contributed by atoms with Crippen molar-refractivity contribution in [2.75, 3.05) is 14.2 Å². The number of rotatable bonds is 3. The molecule has 7 heteroatoms. The Kier molecular flexibility index (Phi) is 5.59. The molecular weight excluding hydrogens is 325 g/mol. The van der Waals surface area contributed by atoms with Gasteiger partial charge in [0.15, 0.2) is 0 Å². The van der Waals surface area contributed by atoms with Crippen molar-refractivity contribution in [1.29, 1.82) is 0 Å². The molecule has 0 unspecified atom stereocenters. The van der Waals surface area contributed by atoms with Crippen LogP contribution in [0.15, 0.2) is 52.2 Å². The summed E-state index contributed by atoms with van der Waals surface area (Å²) in [6.07, 6.45) is 4.97. The van der Waals surface area contributed by atoms with Gasteiger partial charge in [-0.05, 0) is 43.7 Å². The number of pyridine rings is 1. The SMILES string of the molecule is C/C=C1/C=C(NC(=O)c2ccc(F)c(C)n2)C(C(=O)OC)=C/C1=N/C. The number of nitrogens with zero attached hydrogens (tertiary/aromatic N) is 2. The Hall–Kier alpha value is -3.09. The molecule has 0 bridgehead atoms. The van der Waals surface area contributed by atoms with Gasteiger partial charge < -0.3 is 10.1 Å². The summed E-state index contributed by atoms with van der Waals surface area (Å²) in [4.78, 5) is 32.5. The summed E-state index contributed by atoms with van der Waals surface area (Å²) >= 11 is 0. The number of carbonyl (C=O) groups is 2. The van der Waals surface area contributed by atoms with Gasteiger partial charge in [0.05, 0.1) is 29.8 Å². The van der Waals surface area contributed by atoms with Crippen LogP contribution in [0.25, 0.3) is 0 Å². The third-order valence-electron chi connectivity index (χ3n) is 3.63. The lowest BCUT2D eigenvalue weighted by molar-refractivity contribution is -0.135. The fraction of sp³-hybridized carbons (Fsp3) is 0.222. The minimum atomic E-state index is -0.605. The van der Waals surface area contributed by atoms with Crippen molar-refractivity contribution >= 4 is 17.6 Å². The first-order valence-corrected chi connectivity index (χ1v) is 7.51. The second-order valence-corrected chi connectivity index (χ2v) is 5.18. The van der Waals surface area contributed by atoms with Crippen molar-refractivity contribution < 1.29 is 18.7 Å². The number of amides is 1. The van der Waals surface area contributed by atoms with Crippen LogP contribution in [0.3, 0.4) is 0 Å². The molecule has 1 amide bonds. The molecule has 0 saturated heterocycles. The quantitative estimate of drug-likeness (QED) is 0.854. The summed E-state index contributed by atoms with van der Waals surface area (Å²) in [7, 11) is 2.86. The first-order valence-electron chi connectivity index (χ1n) is 7.51. The van der Waals surface area contributed by atoms with Crippen LogP contribution in [0.2, 0.25) is 0 Å². The van der Waals surface area contributed by atoms with Crippen molar-refractivity contribution in [3.63, 3.8) is 0 Å². The predicted octanol–water partition coefficient (Wildman–Crippen LogP) is 2.27. The summed E-state index contributed by atoms with van der Waals surface area (Å²) in [5.41, 5.74) is 1.93. The number of carbonyl (C=O) groups excluding carboxylic acids is 2. The van der Waals surface area contributed by atoms with Crippen LogP contribution < -0.4 is 5.32 Å². The largest absolute Gasteiger partial charge is 0.465 e. The van der Waals surface area contributed by atoms with Crippen molar-refractivity contribution in [3.05, 3.63) is 64.4 Å². The standard InChI is InChI=1S/C18H18FN3O3/c1-5-11-8-16(12(18(24)25-4)9-15(11)20-3)22-17(23)14-7-6-13(19)10(2)21-14/h5-9H,1-4H3,(H,22,23)/b11-5-,20-15-. The second kappa shape index (κ2) is 7.65. The highest BCUT2D eigenvalue weighted by Crippen LogP contribution is 2.21. The fourth-order valence-corrected chi connectivity index (χ4v) is 2.27. The minimum Gasteiger partial charge on any atom is -0.465 e. The van der Waals surface area contributed by atoms with E-state index in [0.717, 1.165) is 5.57 Å². The van der Waals surface area contributed by atoms with E-state index in [9.17, 15) is 14.0 Å². The zero-order valence-electron chi connectivity index (χ0n) is 14.4. The predicted molar refractivity (Wildman–Crippen MR) is 91.7 cm³/mol. The van der Waals surface area contributed by atoms with E-state index in [1.54, 1.807) is 25.3 Å². The Morgan fingerprint density at radius 2 is 2.04 bits per heavy atom. The molecule has 25 heavy (non-hydrogen) atoms. The van der Waals surface area contributed by atoms with Gasteiger partial charge in [-0.3, -0.25) is 9.79 Å². The van der Waals surface area contributed by atoms with Crippen LogP contribution in [0.4, 0.5) is 4.39 Å². The molecule has 0 fully saturated rings. The van der Waals surface area contributed by atoms with Gasteiger partial charge in [-0.15, -0.1) is 0 Å². The van der Waals surface area contributed by atoms with Crippen LogP contribution in [0.5, 0.6) is 0 Å². The van der Waals surface area contributed by atoms with Gasteiger partial charge in [-0.1, -0.05) is 6.08 Å². The van der Waals surface area contributed by atoms with Gasteiger partial charge in [-0.25, -0.2) is 14.2 Å². The van der Waals surface area contributed by atoms with Gasteiger partial charge in [0.25, 0.3) is 5.91 Å². The van der Waals surface area contributed by atoms with Gasteiger partial charge >= 0.3 is 5.97 Å². The summed E-state index contributed by atoms with van der Waals surface area (Å²) in [6.45, 7) is 3.28. The summed E-state index contributed by atoms with van der Waals surface area (Å²) in [5, 5.41) is 2.63. The average molecular weight is 343 g/mol. The second-order valence-electron chi connectivity index (χ2n) is 5.18. The molecule has 0 aromatic carbocycles. The number of aryl methyl sites for hydroxylation is 1. The lowest BCUT2D eigenvalue weighted by Gasteiger charge is -2.18. The van der Waals surface area contributed by atoms with Crippen molar-refractivity contribution in [3.8, 4) is 0 Å². The van der Waals surface area contributed by atoms with E-state index in [1.165, 1.54) is 26.2 Å². The lowest BCUT2D eigenvalue weighted by Crippen LogP contribution is -2.29. The molecule has 2 rings (SSSR count). The lowest BCUT2D eigenvalue weighted by atomic mass is 9.96. The van der Waals surface area contributed by atoms with Gasteiger partial charge in [0, 0.05) is 7.05 Å². The molecule has 0 saturated carbocycles. The maximum absolute atomic E-state index is 13.3. The number of ether oxygens (including phenoxy) is 1. The normalized spacial score (nSPS) is 17.2. The molecule has 1 aromatic rings. The maximum Gasteiger partial charge on any atom is 0.340 e. The number of hydrogen-bond acceptors (Lipinski definition) is 5. The number of nitrogens with one attached hydrogen (secondary N) is 1. The van der Waals surface area contributed by atoms with E-state index in [0.29, 0.717) is 5.71 Å². The zero-order chi connectivity index (χ0) is 18.6. The number of methoxy groups -OCH3 is 1. The first kappa shape index (κ1) is 18.3. The molecule has 1 N–H and O–H groups in total. The van der Waals surface area contributed by atoms with Gasteiger partial charge in [-0.2, -0.15) is 0 Å². The molecular formula is C18H18FN3O3. The van der Waals surface area contributed by atoms with Crippen LogP contribution in [0.1, 0.15) is 23.1 Å². The highest BCUT2D eigenvalue weighted by molar-refractivity contribution is 6.17. The molecule has 130 valence electrons. The monoisotopic (exact) mass is 343 g/mol. The van der Waals surface area contributed by atoms with Crippen LogP contribution in [0, 0.1) is 12.7 Å². The Morgan fingerprint density at radius 3 is 2.60 bits per heavy atom. The molecule has 0 aliphatic heterocycles. The Balaban J connectivity index is 2.38. The summed E-state index contributed by atoms with van der Waals surface area (Å²) in [5.74, 6) is -1.66. The molecule has 1 heterocycles. The number of allylic oxidation sites excluding steroid dienone is 4. The molecule has 0 atom stereocenters. The van der Waals surface area contributed by atoms with E-state index >= 15 is 0 Å². The third kappa shape index (κ3) is 3.88. The highest BCUT2D eigenvalue weighted by atomic mass is 19.1. The molecule has 6 nitrogen and oxygen atoms in total. The maximum atomic E-state index is 13.3. The fourth-order valence-electron chi connectivity index (χ4n) is 2.27. The van der Waals surface area contributed by atoms with Gasteiger partial charge in [0.1, 0.15) is 11.5 Å². The van der Waals surface area contributed by atoms with Crippen molar-refractivity contribution in [1.82, 2.24) is 10.3 Å². The Labute approximate surface area is 144 Å². The van der Waals surface area contributed by atoms with Crippen LogP contribution in [-0.2, 0) is 9.53 Å². The van der Waals surface area contributed by atoms with E-state index in [-0.39, 0.29) is 22.7 Å². The minimum absolute atomic E-state index is 0.0426.